The number of anilines is 2. The Balaban J connectivity index is 0.000000189. The van der Waals surface area contributed by atoms with Crippen LogP contribution in [0.1, 0.15) is 87.7 Å². The molecule has 7 aromatic rings. The molecule has 8 unspecified atom stereocenters. The van der Waals surface area contributed by atoms with Gasteiger partial charge in [-0.15, -0.1) is 17.4 Å². The number of azide groups is 1. The van der Waals surface area contributed by atoms with Gasteiger partial charge in [-0.3, -0.25) is 18.7 Å². The highest BCUT2D eigenvalue weighted by atomic mass is 16.8. The van der Waals surface area contributed by atoms with Crippen molar-refractivity contribution in [1.29, 1.82) is 0 Å². The van der Waals surface area contributed by atoms with Crippen LogP contribution in [0.3, 0.4) is 0 Å². The molecule has 0 amide bonds. The molecule has 0 aliphatic carbocycles. The van der Waals surface area contributed by atoms with Crippen LogP contribution >= 0.6 is 0 Å². The first-order valence-corrected chi connectivity index (χ1v) is 30.6. The number of fused-ring (bicyclic) bond motifs is 4. The lowest BCUT2D eigenvalue weighted by molar-refractivity contribution is -0.228. The predicted octanol–water partition coefficient (Wildman–Crippen LogP) is 4.27. The van der Waals surface area contributed by atoms with Crippen LogP contribution < -0.4 is 32.3 Å². The summed E-state index contributed by atoms with van der Waals surface area (Å²) < 4.78 is 71.0. The number of Topliss-reactive ketones (excluding diaryl/α,β-unsaturated/α-hetero) is 2. The summed E-state index contributed by atoms with van der Waals surface area (Å²) in [4.78, 5) is 74.6. The largest absolute Gasteiger partial charge is 0.461 e. The molecule has 0 radical (unpaired) electrons. The molecule has 6 N–H and O–H groups in total. The molecule has 0 saturated carbocycles. The number of hydrogen-bond donors (Lipinski definition) is 4. The number of benzene rings is 2. The molecule has 32 nitrogen and oxygen atoms in total. The van der Waals surface area contributed by atoms with Crippen LogP contribution in [0.25, 0.3) is 32.8 Å². The highest BCUT2D eigenvalue weighted by Crippen LogP contribution is 2.40. The quantitative estimate of drug-likeness (QED) is 0.0167. The van der Waals surface area contributed by atoms with E-state index in [1.54, 1.807) is 33.1 Å². The number of H-pyrrole nitrogens is 2. The van der Waals surface area contributed by atoms with Gasteiger partial charge in [-0.1, -0.05) is 58.9 Å². The first kappa shape index (κ1) is 69.6. The number of aromatic nitrogens is 11. The zero-order chi connectivity index (χ0) is 67.1. The number of hydrogen-bond acceptors (Lipinski definition) is 25. The molecule has 0 bridgehead atoms. The molecular formula is C62H80N16O16. The number of rotatable bonds is 29. The van der Waals surface area contributed by atoms with Crippen molar-refractivity contribution >= 4 is 45.5 Å². The summed E-state index contributed by atoms with van der Waals surface area (Å²) in [5.41, 5.74) is 25.6. The van der Waals surface area contributed by atoms with Crippen LogP contribution in [0.4, 0.5) is 11.6 Å². The number of ether oxygens (including phenoxy) is 12. The van der Waals surface area contributed by atoms with Gasteiger partial charge in [0.1, 0.15) is 66.3 Å². The molecule has 32 heteroatoms. The average Bonchev–Trinajstić information content (AvgIpc) is 1.62. The van der Waals surface area contributed by atoms with Crippen molar-refractivity contribution < 1.29 is 66.4 Å². The fraction of sp³-hybridized carbons (Fsp3) is 0.548. The Bertz CT molecular complexity index is 3910. The summed E-state index contributed by atoms with van der Waals surface area (Å²) >= 11 is 0. The second-order valence-corrected chi connectivity index (χ2v) is 23.3. The lowest BCUT2D eigenvalue weighted by Gasteiger charge is -2.23. The van der Waals surface area contributed by atoms with E-state index in [-0.39, 0.29) is 110 Å². The van der Waals surface area contributed by atoms with Gasteiger partial charge in [0.05, 0.1) is 51.2 Å². The first-order chi connectivity index (χ1) is 45.2. The van der Waals surface area contributed by atoms with Crippen LogP contribution in [0.2, 0.25) is 0 Å². The third-order valence-corrected chi connectivity index (χ3v) is 15.6. The van der Waals surface area contributed by atoms with Gasteiger partial charge in [0.2, 0.25) is 0 Å². The second kappa shape index (κ2) is 31.9. The lowest BCUT2D eigenvalue weighted by atomic mass is 10.0. The average molecular weight is 1310 g/mol. The summed E-state index contributed by atoms with van der Waals surface area (Å²) in [5.74, 6) is 1.68. The van der Waals surface area contributed by atoms with E-state index in [2.05, 4.69) is 56.2 Å². The van der Waals surface area contributed by atoms with E-state index in [0.717, 1.165) is 27.9 Å². The van der Waals surface area contributed by atoms with E-state index in [9.17, 15) is 19.2 Å². The molecule has 9 heterocycles. The van der Waals surface area contributed by atoms with Gasteiger partial charge in [0.15, 0.2) is 47.1 Å². The number of nitrogens with two attached hydrogens (primary N) is 2. The maximum Gasteiger partial charge on any atom is 0.328 e. The Kier molecular flexibility index (Phi) is 23.7. The van der Waals surface area contributed by atoms with Gasteiger partial charge in [-0.05, 0) is 74.7 Å². The topological polar surface area (TPSA) is 404 Å². The van der Waals surface area contributed by atoms with Crippen LogP contribution in [0.5, 0.6) is 12.0 Å². The third-order valence-electron chi connectivity index (χ3n) is 15.6. The maximum absolute atomic E-state index is 12.7. The van der Waals surface area contributed by atoms with Gasteiger partial charge in [-0.2, -0.15) is 19.9 Å². The second-order valence-electron chi connectivity index (χ2n) is 23.3. The highest BCUT2D eigenvalue weighted by molar-refractivity contribution is 5.83. The predicted molar refractivity (Wildman–Crippen MR) is 337 cm³/mol. The standard InChI is InChI=1S/C31H40N8O8.C22H25N5O4.C9H15N3O4/c1-31(2)46-24-22(45-28(43-4)25(24)47-31)17-38-16-20(36-37-38)10-12-21(40)11-9-18-5-7-19(8-6-18)15-39-27-23(33-30(39)41)26(32)34-29(35-27)44-14-13-42-3;1-3-4-5-17(28)11-10-15-6-8-16(9-7-15)14-27-20-18(24-22(27)29)19(23)25-21(26-20)31-13-12-30-2;1-9(2)15-6-5(4-11-12-10)14-8(13-3)7(6)16-9/h5-8,16,22,24-25,28H,9-15,17H2,1-4H3,(H,33,41)(H2,32,34,35);1,6-9H,4-5,10-14H2,2H3,(H,24,29)(H2,23,25,26);5-8H,4H2,1-3H3. The van der Waals surface area contributed by atoms with Gasteiger partial charge in [0, 0.05) is 71.7 Å². The molecule has 4 saturated heterocycles. The van der Waals surface area contributed by atoms with Gasteiger partial charge in [-0.25, -0.2) is 14.3 Å². The number of carbonyl (C=O) groups is 2. The number of ketones is 2. The summed E-state index contributed by atoms with van der Waals surface area (Å²) in [6.07, 6.45) is 8.22. The number of nitrogens with zero attached hydrogens (tertiary/aromatic N) is 12. The Morgan fingerprint density at radius 2 is 1.10 bits per heavy atom. The molecule has 8 atom stereocenters. The van der Waals surface area contributed by atoms with Crippen LogP contribution in [0, 0.1) is 12.3 Å². The number of nitrogens with one attached hydrogen (secondary N) is 2. The van der Waals surface area contributed by atoms with Crippen LogP contribution in [0.15, 0.2) is 69.4 Å². The fourth-order valence-electron chi connectivity index (χ4n) is 11.0. The highest BCUT2D eigenvalue weighted by Gasteiger charge is 2.56. The number of aryl methyl sites for hydroxylation is 3. The molecule has 504 valence electrons. The minimum atomic E-state index is -0.709. The minimum absolute atomic E-state index is 0.0700. The van der Waals surface area contributed by atoms with Gasteiger partial charge < -0.3 is 78.3 Å². The van der Waals surface area contributed by atoms with E-state index in [1.165, 1.54) is 9.13 Å². The molecule has 11 rings (SSSR count). The number of carbonyl (C=O) groups excluding carboxylic acids is 2. The fourth-order valence-corrected chi connectivity index (χ4v) is 11.0. The Morgan fingerprint density at radius 1 is 0.649 bits per heavy atom. The van der Waals surface area contributed by atoms with E-state index >= 15 is 0 Å². The van der Waals surface area contributed by atoms with Crippen LogP contribution in [-0.2, 0) is 95.9 Å². The molecule has 0 spiro atoms. The minimum Gasteiger partial charge on any atom is -0.461 e. The van der Waals surface area contributed by atoms with E-state index < -0.39 is 24.2 Å². The molecule has 5 aromatic heterocycles. The number of imidazole rings is 2. The zero-order valence-electron chi connectivity index (χ0n) is 53.8. The number of terminal acetylenes is 1. The molecule has 4 aliphatic heterocycles. The first-order valence-electron chi connectivity index (χ1n) is 30.6. The van der Waals surface area contributed by atoms with Crippen molar-refractivity contribution in [3.63, 3.8) is 0 Å². The lowest BCUT2D eigenvalue weighted by Crippen LogP contribution is -2.33. The smallest absolute Gasteiger partial charge is 0.328 e. The Hall–Kier alpha value is -8.71. The summed E-state index contributed by atoms with van der Waals surface area (Å²) in [6, 6.07) is 15.7. The summed E-state index contributed by atoms with van der Waals surface area (Å²) in [6.45, 7) is 9.89. The Morgan fingerprint density at radius 3 is 1.56 bits per heavy atom. The van der Waals surface area contributed by atoms with E-state index in [1.807, 2.05) is 82.4 Å². The number of nitrogen functional groups attached to an aromatic ring is 2. The zero-order valence-corrected chi connectivity index (χ0v) is 53.8. The molecule has 2 aromatic carbocycles. The Labute approximate surface area is 540 Å². The maximum atomic E-state index is 12.7. The van der Waals surface area contributed by atoms with E-state index in [0.29, 0.717) is 100.0 Å². The molecule has 4 aliphatic rings. The normalized spacial score (nSPS) is 21.4. The summed E-state index contributed by atoms with van der Waals surface area (Å²) in [5, 5.41) is 12.0. The van der Waals surface area contributed by atoms with Crippen LogP contribution in [-0.4, -0.2) is 188 Å². The van der Waals surface area contributed by atoms with Crippen molar-refractivity contribution in [3.8, 4) is 24.4 Å². The van der Waals surface area contributed by atoms with Crippen molar-refractivity contribution in [1.82, 2.24) is 54.0 Å². The van der Waals surface area contributed by atoms with E-state index in [4.69, 9.17) is 80.3 Å². The number of aromatic amines is 2. The van der Waals surface area contributed by atoms with Crippen molar-refractivity contribution in [2.75, 3.05) is 72.9 Å². The van der Waals surface area contributed by atoms with Crippen molar-refractivity contribution in [2.24, 2.45) is 5.11 Å². The van der Waals surface area contributed by atoms with Crippen molar-refractivity contribution in [3.05, 3.63) is 114 Å². The molecule has 94 heavy (non-hydrogen) atoms. The molecule has 4 fully saturated rings. The van der Waals surface area contributed by atoms with Gasteiger partial charge in [0.25, 0.3) is 0 Å². The number of methoxy groups -OCH3 is 4. The van der Waals surface area contributed by atoms with Gasteiger partial charge >= 0.3 is 23.4 Å². The monoisotopic (exact) mass is 1300 g/mol. The third kappa shape index (κ3) is 17.9. The SMILES string of the molecule is C#CCCC(=O)CCc1ccc(Cn2c(=O)[nH]c3c(N)nc(OCCOC)nc32)cc1.COC1OC(CN=[N+]=[N-])C2OC(C)(C)OC12.COCCOc1nc(N)c2[nH]c(=O)n(Cc3ccc(CCC(=O)CCc4cn(CC5OC(OC)C6OC(C)(C)OC56)nn4)cc3)c2n1. The summed E-state index contributed by atoms with van der Waals surface area (Å²) in [7, 11) is 6.26. The molecular weight excluding hydrogens is 1220 g/mol. The van der Waals surface area contributed by atoms with Crippen molar-refractivity contribution in [2.45, 2.75) is 159 Å².